The van der Waals surface area contributed by atoms with Crippen molar-refractivity contribution in [3.8, 4) is 0 Å². The number of esters is 1. The zero-order chi connectivity index (χ0) is 27.2. The average molecular weight is 517 g/mol. The van der Waals surface area contributed by atoms with Crippen LogP contribution in [0.1, 0.15) is 63.5 Å². The SMILES string of the molecule is CCCCCCC(CC(=O)OCC)C(=O)N[C@@H](Cc1ccc2ccccc2c1)C(=O)NCc1ccccc1. The van der Waals surface area contributed by atoms with E-state index in [1.54, 1.807) is 6.92 Å². The standard InChI is InChI=1S/C32H40N2O4/c1-3-5-6-10-17-28(22-30(35)38-4-2)31(36)34-29(32(37)33-23-24-13-8-7-9-14-24)21-25-18-19-26-15-11-12-16-27(26)20-25/h7-9,11-16,18-20,28-29H,3-6,10,17,21-23H2,1-2H3,(H,33,37)(H,34,36)/t28?,29-/m0/s1. The van der Waals surface area contributed by atoms with Crippen molar-refractivity contribution >= 4 is 28.6 Å². The minimum atomic E-state index is -0.771. The summed E-state index contributed by atoms with van der Waals surface area (Å²) in [6, 6.07) is 23.0. The maximum atomic E-state index is 13.4. The molecule has 0 saturated carbocycles. The van der Waals surface area contributed by atoms with Crippen LogP contribution in [0.4, 0.5) is 0 Å². The van der Waals surface area contributed by atoms with E-state index >= 15 is 0 Å². The Bertz CT molecular complexity index is 1180. The summed E-state index contributed by atoms with van der Waals surface area (Å²) in [5.41, 5.74) is 1.93. The van der Waals surface area contributed by atoms with E-state index in [1.807, 2.05) is 66.7 Å². The largest absolute Gasteiger partial charge is 0.466 e. The third kappa shape index (κ3) is 9.33. The minimum Gasteiger partial charge on any atom is -0.466 e. The van der Waals surface area contributed by atoms with Gasteiger partial charge in [-0.3, -0.25) is 14.4 Å². The number of fused-ring (bicyclic) bond motifs is 1. The maximum absolute atomic E-state index is 13.4. The molecule has 0 bridgehead atoms. The summed E-state index contributed by atoms with van der Waals surface area (Å²) in [5.74, 6) is -1.46. The first-order valence-electron chi connectivity index (χ1n) is 13.8. The topological polar surface area (TPSA) is 84.5 Å². The first kappa shape index (κ1) is 28.9. The van der Waals surface area contributed by atoms with Gasteiger partial charge in [-0.05, 0) is 35.2 Å². The lowest BCUT2D eigenvalue weighted by atomic mass is 9.95. The van der Waals surface area contributed by atoms with Crippen molar-refractivity contribution in [1.29, 1.82) is 0 Å². The van der Waals surface area contributed by atoms with Gasteiger partial charge in [0.05, 0.1) is 13.0 Å². The maximum Gasteiger partial charge on any atom is 0.306 e. The first-order chi connectivity index (χ1) is 18.5. The van der Waals surface area contributed by atoms with Gasteiger partial charge in [0.1, 0.15) is 6.04 Å². The molecule has 0 aliphatic rings. The molecule has 0 aliphatic carbocycles. The Balaban J connectivity index is 1.76. The van der Waals surface area contributed by atoms with Gasteiger partial charge in [-0.25, -0.2) is 0 Å². The highest BCUT2D eigenvalue weighted by Crippen LogP contribution is 2.19. The number of ether oxygens (including phenoxy) is 1. The molecule has 38 heavy (non-hydrogen) atoms. The third-order valence-electron chi connectivity index (χ3n) is 6.69. The summed E-state index contributed by atoms with van der Waals surface area (Å²) in [5, 5.41) is 8.15. The Kier molecular flexibility index (Phi) is 11.8. The number of benzene rings is 3. The van der Waals surface area contributed by atoms with Gasteiger partial charge in [-0.15, -0.1) is 0 Å². The normalized spacial score (nSPS) is 12.5. The van der Waals surface area contributed by atoms with Gasteiger partial charge in [-0.2, -0.15) is 0 Å². The fourth-order valence-corrected chi connectivity index (χ4v) is 4.57. The molecule has 0 spiro atoms. The van der Waals surface area contributed by atoms with Crippen molar-refractivity contribution in [2.24, 2.45) is 5.92 Å². The second-order valence-corrected chi connectivity index (χ2v) is 9.71. The van der Waals surface area contributed by atoms with E-state index in [-0.39, 0.29) is 30.8 Å². The summed E-state index contributed by atoms with van der Waals surface area (Å²) in [6.07, 6.45) is 4.96. The Morgan fingerprint density at radius 3 is 2.26 bits per heavy atom. The number of unbranched alkanes of at least 4 members (excludes halogenated alkanes) is 3. The molecule has 1 unspecified atom stereocenters. The summed E-state index contributed by atoms with van der Waals surface area (Å²) in [7, 11) is 0. The van der Waals surface area contributed by atoms with E-state index in [4.69, 9.17) is 4.74 Å². The van der Waals surface area contributed by atoms with Gasteiger partial charge in [0, 0.05) is 18.9 Å². The second kappa shape index (κ2) is 15.6. The molecule has 202 valence electrons. The Morgan fingerprint density at radius 2 is 1.53 bits per heavy atom. The third-order valence-corrected chi connectivity index (χ3v) is 6.69. The number of carbonyl (C=O) groups is 3. The smallest absolute Gasteiger partial charge is 0.306 e. The average Bonchev–Trinajstić information content (AvgIpc) is 2.93. The number of nitrogens with one attached hydrogen (secondary N) is 2. The van der Waals surface area contributed by atoms with Crippen LogP contribution in [0.5, 0.6) is 0 Å². The van der Waals surface area contributed by atoms with E-state index in [2.05, 4.69) is 23.6 Å². The van der Waals surface area contributed by atoms with Crippen LogP contribution >= 0.6 is 0 Å². The molecule has 0 saturated heterocycles. The summed E-state index contributed by atoms with van der Waals surface area (Å²) < 4.78 is 5.13. The van der Waals surface area contributed by atoms with E-state index in [9.17, 15) is 14.4 Å². The molecular formula is C32H40N2O4. The van der Waals surface area contributed by atoms with Crippen molar-refractivity contribution in [3.05, 3.63) is 83.9 Å². The van der Waals surface area contributed by atoms with E-state index in [0.29, 0.717) is 19.4 Å². The van der Waals surface area contributed by atoms with Crippen molar-refractivity contribution in [3.63, 3.8) is 0 Å². The highest BCUT2D eigenvalue weighted by molar-refractivity contribution is 5.90. The molecule has 0 heterocycles. The second-order valence-electron chi connectivity index (χ2n) is 9.71. The van der Waals surface area contributed by atoms with Crippen LogP contribution in [-0.2, 0) is 32.1 Å². The minimum absolute atomic E-state index is 0.0140. The molecule has 3 rings (SSSR count). The van der Waals surface area contributed by atoms with Gasteiger partial charge in [-0.1, -0.05) is 105 Å². The highest BCUT2D eigenvalue weighted by Gasteiger charge is 2.28. The zero-order valence-corrected chi connectivity index (χ0v) is 22.6. The van der Waals surface area contributed by atoms with Gasteiger partial charge in [0.15, 0.2) is 0 Å². The molecule has 2 N–H and O–H groups in total. The molecule has 0 fully saturated rings. The Labute approximate surface area is 226 Å². The van der Waals surface area contributed by atoms with Crippen LogP contribution in [0, 0.1) is 5.92 Å². The Morgan fingerprint density at radius 1 is 0.789 bits per heavy atom. The fraction of sp³-hybridized carbons (Fsp3) is 0.406. The highest BCUT2D eigenvalue weighted by atomic mass is 16.5. The van der Waals surface area contributed by atoms with Crippen LogP contribution in [-0.4, -0.2) is 30.4 Å². The van der Waals surface area contributed by atoms with Crippen LogP contribution < -0.4 is 10.6 Å². The quantitative estimate of drug-likeness (QED) is 0.200. The van der Waals surface area contributed by atoms with Gasteiger partial charge >= 0.3 is 5.97 Å². The number of rotatable bonds is 15. The van der Waals surface area contributed by atoms with Crippen molar-refractivity contribution in [2.75, 3.05) is 6.61 Å². The molecule has 6 nitrogen and oxygen atoms in total. The van der Waals surface area contributed by atoms with E-state index < -0.39 is 12.0 Å². The molecule has 6 heteroatoms. The van der Waals surface area contributed by atoms with Gasteiger partial charge in [0.2, 0.25) is 11.8 Å². The molecule has 0 aliphatic heterocycles. The molecule has 0 radical (unpaired) electrons. The van der Waals surface area contributed by atoms with Gasteiger partial charge < -0.3 is 15.4 Å². The summed E-state index contributed by atoms with van der Waals surface area (Å²) in [4.78, 5) is 39.0. The first-order valence-corrected chi connectivity index (χ1v) is 13.8. The molecular weight excluding hydrogens is 476 g/mol. The zero-order valence-electron chi connectivity index (χ0n) is 22.6. The van der Waals surface area contributed by atoms with E-state index in [0.717, 1.165) is 47.6 Å². The van der Waals surface area contributed by atoms with E-state index in [1.165, 1.54) is 0 Å². The number of carbonyl (C=O) groups excluding carboxylic acids is 3. The summed E-state index contributed by atoms with van der Waals surface area (Å²) >= 11 is 0. The van der Waals surface area contributed by atoms with Gasteiger partial charge in [0.25, 0.3) is 0 Å². The molecule has 2 atom stereocenters. The van der Waals surface area contributed by atoms with Crippen molar-refractivity contribution in [1.82, 2.24) is 10.6 Å². The molecule has 2 amide bonds. The number of hydrogen-bond acceptors (Lipinski definition) is 4. The lowest BCUT2D eigenvalue weighted by Gasteiger charge is -2.23. The lowest BCUT2D eigenvalue weighted by Crippen LogP contribution is -2.49. The molecule has 3 aromatic carbocycles. The van der Waals surface area contributed by atoms with Crippen LogP contribution in [0.2, 0.25) is 0 Å². The lowest BCUT2D eigenvalue weighted by molar-refractivity contribution is -0.146. The predicted molar refractivity (Wildman–Crippen MR) is 151 cm³/mol. The van der Waals surface area contributed by atoms with Crippen molar-refractivity contribution < 1.29 is 19.1 Å². The number of hydrogen-bond donors (Lipinski definition) is 2. The molecule has 3 aromatic rings. The number of amides is 2. The van der Waals surface area contributed by atoms with Crippen LogP contribution in [0.25, 0.3) is 10.8 Å². The fourth-order valence-electron chi connectivity index (χ4n) is 4.57. The predicted octanol–water partition coefficient (Wildman–Crippen LogP) is 5.72. The van der Waals surface area contributed by atoms with Crippen LogP contribution in [0.3, 0.4) is 0 Å². The Hall–Kier alpha value is -3.67. The monoisotopic (exact) mass is 516 g/mol. The van der Waals surface area contributed by atoms with Crippen molar-refractivity contribution in [2.45, 2.75) is 71.4 Å². The molecule has 0 aromatic heterocycles. The summed E-state index contributed by atoms with van der Waals surface area (Å²) in [6.45, 7) is 4.53. The van der Waals surface area contributed by atoms with Crippen LogP contribution in [0.15, 0.2) is 72.8 Å².